The highest BCUT2D eigenvalue weighted by Crippen LogP contribution is 2.44. The molecule has 37 heavy (non-hydrogen) atoms. The Morgan fingerprint density at radius 1 is 1.24 bits per heavy atom. The van der Waals surface area contributed by atoms with Gasteiger partial charge in [-0.25, -0.2) is 14.2 Å². The molecular weight excluding hydrogens is 499 g/mol. The number of carbonyl (C=O) groups is 3. The number of Topliss-reactive ketones (excluding diaryl/α,β-unsaturated/α-hetero) is 1. The van der Waals surface area contributed by atoms with Gasteiger partial charge in [0.2, 0.25) is 0 Å². The summed E-state index contributed by atoms with van der Waals surface area (Å²) in [5, 5.41) is 11.3. The van der Waals surface area contributed by atoms with Crippen LogP contribution in [0.25, 0.3) is 5.76 Å². The average Bonchev–Trinajstić information content (AvgIpc) is 3.39. The van der Waals surface area contributed by atoms with E-state index in [2.05, 4.69) is 11.6 Å². The van der Waals surface area contributed by atoms with Gasteiger partial charge in [0.1, 0.15) is 34.9 Å². The van der Waals surface area contributed by atoms with E-state index in [1.165, 1.54) is 31.4 Å². The van der Waals surface area contributed by atoms with Gasteiger partial charge in [-0.3, -0.25) is 14.5 Å². The first kappa shape index (κ1) is 25.8. The van der Waals surface area contributed by atoms with Crippen LogP contribution >= 0.6 is 11.3 Å². The van der Waals surface area contributed by atoms with Gasteiger partial charge in [-0.15, -0.1) is 0 Å². The Morgan fingerprint density at radius 3 is 2.62 bits per heavy atom. The molecule has 1 amide bonds. The zero-order valence-electron chi connectivity index (χ0n) is 20.3. The van der Waals surface area contributed by atoms with E-state index in [0.717, 1.165) is 16.2 Å². The monoisotopic (exact) mass is 522 g/mol. The SMILES string of the molecule is C=CCOc1ccc(C(O)=C2C(=O)C(=O)N(c3nc(C)c(C(=O)OC)s3)[C@H]2c2ccccc2F)cc1C. The molecule has 0 saturated carbocycles. The van der Waals surface area contributed by atoms with Crippen molar-refractivity contribution in [3.63, 3.8) is 0 Å². The van der Waals surface area contributed by atoms with Gasteiger partial charge in [0.25, 0.3) is 5.78 Å². The molecule has 0 bridgehead atoms. The maximum absolute atomic E-state index is 15.1. The molecule has 0 unspecified atom stereocenters. The number of thiazole rings is 1. The predicted molar refractivity (Wildman–Crippen MR) is 136 cm³/mol. The Bertz CT molecular complexity index is 1460. The van der Waals surface area contributed by atoms with Gasteiger partial charge >= 0.3 is 11.9 Å². The molecule has 0 aliphatic carbocycles. The molecule has 0 radical (unpaired) electrons. The van der Waals surface area contributed by atoms with Gasteiger partial charge in [-0.05, 0) is 43.7 Å². The molecule has 2 aromatic carbocycles. The second-order valence-corrected chi connectivity index (χ2v) is 9.15. The van der Waals surface area contributed by atoms with Gasteiger partial charge in [0.15, 0.2) is 5.13 Å². The number of nitrogens with zero attached hydrogens (tertiary/aromatic N) is 2. The summed E-state index contributed by atoms with van der Waals surface area (Å²) in [5.74, 6) is -3.29. The number of amides is 1. The van der Waals surface area contributed by atoms with Crippen LogP contribution in [0.2, 0.25) is 0 Å². The lowest BCUT2D eigenvalue weighted by Gasteiger charge is -2.23. The third-order valence-electron chi connectivity index (χ3n) is 5.81. The molecule has 1 atom stereocenters. The van der Waals surface area contributed by atoms with Crippen molar-refractivity contribution < 1.29 is 33.4 Å². The zero-order chi connectivity index (χ0) is 26.9. The van der Waals surface area contributed by atoms with Crippen LogP contribution in [0.4, 0.5) is 9.52 Å². The third-order valence-corrected chi connectivity index (χ3v) is 6.95. The number of esters is 1. The van der Waals surface area contributed by atoms with Crippen molar-refractivity contribution in [3.8, 4) is 5.75 Å². The van der Waals surface area contributed by atoms with E-state index in [-0.39, 0.29) is 39.0 Å². The van der Waals surface area contributed by atoms with E-state index >= 15 is 4.39 Å². The van der Waals surface area contributed by atoms with Crippen molar-refractivity contribution in [2.24, 2.45) is 0 Å². The molecule has 1 fully saturated rings. The highest BCUT2D eigenvalue weighted by molar-refractivity contribution is 7.17. The van der Waals surface area contributed by atoms with E-state index in [1.807, 2.05) is 0 Å². The summed E-state index contributed by atoms with van der Waals surface area (Å²) in [6.45, 7) is 7.21. The fraction of sp³-hybridized carbons (Fsp3) is 0.185. The van der Waals surface area contributed by atoms with Crippen molar-refractivity contribution in [2.75, 3.05) is 18.6 Å². The number of halogens is 1. The van der Waals surface area contributed by atoms with Crippen LogP contribution in [0.1, 0.15) is 38.1 Å². The molecule has 10 heteroatoms. The number of ether oxygens (including phenoxy) is 2. The van der Waals surface area contributed by atoms with Gasteiger partial charge in [-0.2, -0.15) is 0 Å². The maximum atomic E-state index is 15.1. The second kappa shape index (κ2) is 10.4. The van der Waals surface area contributed by atoms with Crippen LogP contribution in [0.3, 0.4) is 0 Å². The summed E-state index contributed by atoms with van der Waals surface area (Å²) in [7, 11) is 1.21. The second-order valence-electron chi connectivity index (χ2n) is 8.17. The van der Waals surface area contributed by atoms with E-state index in [0.29, 0.717) is 11.3 Å². The minimum Gasteiger partial charge on any atom is -0.507 e. The number of hydrogen-bond acceptors (Lipinski definition) is 8. The molecule has 1 saturated heterocycles. The van der Waals surface area contributed by atoms with Crippen LogP contribution in [-0.4, -0.2) is 41.5 Å². The Morgan fingerprint density at radius 2 is 1.97 bits per heavy atom. The fourth-order valence-electron chi connectivity index (χ4n) is 4.05. The lowest BCUT2D eigenvalue weighted by Crippen LogP contribution is -2.29. The Kier molecular flexibility index (Phi) is 7.21. The molecule has 4 rings (SSSR count). The van der Waals surface area contributed by atoms with Crippen molar-refractivity contribution in [1.82, 2.24) is 4.98 Å². The normalized spacial score (nSPS) is 16.6. The standard InChI is InChI=1S/C27H23FN2O6S/c1-5-12-36-19-11-10-16(13-14(19)2)22(31)20-21(17-8-6-7-9-18(17)28)30(25(33)23(20)32)27-29-15(3)24(37-27)26(34)35-4/h5-11,13,21,31H,1,12H2,2-4H3/t21-/m0/s1. The topological polar surface area (TPSA) is 106 Å². The Hall–Kier alpha value is -4.31. The largest absolute Gasteiger partial charge is 0.507 e. The van der Waals surface area contributed by atoms with Crippen LogP contribution in [-0.2, 0) is 14.3 Å². The molecule has 1 aliphatic heterocycles. The number of aryl methyl sites for hydroxylation is 2. The number of aliphatic hydroxyl groups excluding tert-OH is 1. The first-order chi connectivity index (χ1) is 17.7. The van der Waals surface area contributed by atoms with Gasteiger partial charge in [-0.1, -0.05) is 42.2 Å². The van der Waals surface area contributed by atoms with Crippen molar-refractivity contribution in [2.45, 2.75) is 19.9 Å². The molecule has 2 heterocycles. The first-order valence-electron chi connectivity index (χ1n) is 11.2. The van der Waals surface area contributed by atoms with E-state index in [4.69, 9.17) is 9.47 Å². The summed E-state index contributed by atoms with van der Waals surface area (Å²) >= 11 is 0.837. The van der Waals surface area contributed by atoms with Crippen LogP contribution < -0.4 is 9.64 Å². The smallest absolute Gasteiger partial charge is 0.350 e. The number of methoxy groups -OCH3 is 1. The lowest BCUT2D eigenvalue weighted by atomic mass is 9.94. The van der Waals surface area contributed by atoms with Gasteiger partial charge < -0.3 is 14.6 Å². The van der Waals surface area contributed by atoms with Crippen molar-refractivity contribution >= 4 is 39.9 Å². The molecule has 1 aliphatic rings. The van der Waals surface area contributed by atoms with Crippen LogP contribution in [0.5, 0.6) is 5.75 Å². The minimum atomic E-state index is -1.32. The highest BCUT2D eigenvalue weighted by Gasteiger charge is 2.49. The number of benzene rings is 2. The van der Waals surface area contributed by atoms with Gasteiger partial charge in [0, 0.05) is 11.1 Å². The molecular formula is C27H23FN2O6S. The highest BCUT2D eigenvalue weighted by atomic mass is 32.1. The van der Waals surface area contributed by atoms with Crippen molar-refractivity contribution in [3.05, 3.63) is 93.8 Å². The number of carbonyl (C=O) groups excluding carboxylic acids is 3. The number of anilines is 1. The zero-order valence-corrected chi connectivity index (χ0v) is 21.1. The third kappa shape index (κ3) is 4.63. The number of rotatable bonds is 7. The van der Waals surface area contributed by atoms with E-state index in [1.54, 1.807) is 38.1 Å². The number of ketones is 1. The first-order valence-corrected chi connectivity index (χ1v) is 12.0. The van der Waals surface area contributed by atoms with Crippen LogP contribution in [0.15, 0.2) is 60.7 Å². The molecule has 8 nitrogen and oxygen atoms in total. The Balaban J connectivity index is 1.91. The molecule has 1 aromatic heterocycles. The number of hydrogen-bond donors (Lipinski definition) is 1. The maximum Gasteiger partial charge on any atom is 0.350 e. The summed E-state index contributed by atoms with van der Waals surface area (Å²) in [6, 6.07) is 9.08. The predicted octanol–water partition coefficient (Wildman–Crippen LogP) is 4.88. The number of aromatic nitrogens is 1. The molecule has 1 N–H and O–H groups in total. The van der Waals surface area contributed by atoms with E-state index in [9.17, 15) is 19.5 Å². The molecule has 0 spiro atoms. The molecule has 3 aromatic rings. The summed E-state index contributed by atoms with van der Waals surface area (Å²) in [4.78, 5) is 44.2. The summed E-state index contributed by atoms with van der Waals surface area (Å²) < 4.78 is 25.4. The lowest BCUT2D eigenvalue weighted by molar-refractivity contribution is -0.132. The fourth-order valence-corrected chi connectivity index (χ4v) is 5.06. The van der Waals surface area contributed by atoms with Crippen molar-refractivity contribution in [1.29, 1.82) is 0 Å². The molecule has 190 valence electrons. The summed E-state index contributed by atoms with van der Waals surface area (Å²) in [5.41, 5.74) is 0.876. The average molecular weight is 523 g/mol. The number of aliphatic hydroxyl groups is 1. The minimum absolute atomic E-state index is 0.00310. The van der Waals surface area contributed by atoms with Crippen LogP contribution in [0, 0.1) is 19.7 Å². The van der Waals surface area contributed by atoms with E-state index < -0.39 is 35.3 Å². The quantitative estimate of drug-likeness (QED) is 0.155. The summed E-state index contributed by atoms with van der Waals surface area (Å²) in [6.07, 6.45) is 1.59. The Labute approximate surface area is 216 Å². The van der Waals surface area contributed by atoms with Gasteiger partial charge in [0.05, 0.1) is 18.4 Å².